The Hall–Kier alpha value is -2.04. The zero-order valence-corrected chi connectivity index (χ0v) is 9.43. The van der Waals surface area contributed by atoms with Crippen LogP contribution in [0.3, 0.4) is 0 Å². The van der Waals surface area contributed by atoms with Gasteiger partial charge in [0, 0.05) is 14.1 Å². The quantitative estimate of drug-likeness (QED) is 0.829. The first-order chi connectivity index (χ1) is 7.52. The van der Waals surface area contributed by atoms with Gasteiger partial charge in [0.2, 0.25) is 0 Å². The van der Waals surface area contributed by atoms with Crippen molar-refractivity contribution in [1.29, 1.82) is 0 Å². The molecule has 0 aliphatic rings. The maximum atomic E-state index is 11.0. The van der Waals surface area contributed by atoms with Crippen LogP contribution in [0.2, 0.25) is 0 Å². The minimum Gasteiger partial charge on any atom is -0.476 e. The molecule has 0 saturated heterocycles. The van der Waals surface area contributed by atoms with Gasteiger partial charge in [0.05, 0.1) is 5.52 Å². The van der Waals surface area contributed by atoms with Crippen molar-refractivity contribution < 1.29 is 9.90 Å². The highest BCUT2D eigenvalue weighted by Gasteiger charge is 2.16. The topological polar surface area (TPSA) is 57.8 Å². The molecule has 0 radical (unpaired) electrons. The lowest BCUT2D eigenvalue weighted by Gasteiger charge is -2.15. The minimum absolute atomic E-state index is 0.0983. The number of aromatic nitrogens is 2. The Morgan fingerprint density at radius 3 is 2.69 bits per heavy atom. The third-order valence-corrected chi connectivity index (χ3v) is 2.47. The van der Waals surface area contributed by atoms with Gasteiger partial charge in [-0.25, -0.2) is 9.78 Å². The maximum absolute atomic E-state index is 11.0. The van der Waals surface area contributed by atoms with E-state index in [1.54, 1.807) is 13.0 Å². The summed E-state index contributed by atoms with van der Waals surface area (Å²) in [5.74, 6) is 0.591. The maximum Gasteiger partial charge on any atom is 0.356 e. The van der Waals surface area contributed by atoms with Crippen LogP contribution in [-0.4, -0.2) is 34.6 Å². The Balaban J connectivity index is 2.84. The van der Waals surface area contributed by atoms with Crippen LogP contribution in [0.5, 0.6) is 0 Å². The number of carboxylic acids is 1. The molecular weight excluding hydrogens is 206 g/mol. The standard InChI is InChI=1S/C11H13N3O2/c1-7-12-10(11(15)16)8-5-4-6-9(13(2)3)14(7)8/h4-6H,1-3H3,(H,15,16). The first-order valence-electron chi connectivity index (χ1n) is 4.91. The molecule has 0 amide bonds. The molecule has 2 rings (SSSR count). The van der Waals surface area contributed by atoms with Gasteiger partial charge in [-0.15, -0.1) is 0 Å². The predicted octanol–water partition coefficient (Wildman–Crippen LogP) is 1.41. The Morgan fingerprint density at radius 2 is 2.12 bits per heavy atom. The number of aryl methyl sites for hydroxylation is 1. The van der Waals surface area contributed by atoms with Crippen LogP contribution in [0.15, 0.2) is 18.2 Å². The largest absolute Gasteiger partial charge is 0.476 e. The van der Waals surface area contributed by atoms with E-state index in [9.17, 15) is 4.79 Å². The van der Waals surface area contributed by atoms with Gasteiger partial charge in [-0.2, -0.15) is 0 Å². The molecule has 16 heavy (non-hydrogen) atoms. The molecule has 0 aliphatic carbocycles. The number of nitrogens with zero attached hydrogens (tertiary/aromatic N) is 3. The Morgan fingerprint density at radius 1 is 1.44 bits per heavy atom. The Labute approximate surface area is 92.9 Å². The summed E-state index contributed by atoms with van der Waals surface area (Å²) >= 11 is 0. The fourth-order valence-corrected chi connectivity index (χ4v) is 1.80. The van der Waals surface area contributed by atoms with Crippen molar-refractivity contribution in [3.63, 3.8) is 0 Å². The average molecular weight is 219 g/mol. The van der Waals surface area contributed by atoms with Crippen LogP contribution in [0.1, 0.15) is 16.3 Å². The monoisotopic (exact) mass is 219 g/mol. The van der Waals surface area contributed by atoms with E-state index in [2.05, 4.69) is 4.98 Å². The van der Waals surface area contributed by atoms with Gasteiger partial charge in [0.25, 0.3) is 0 Å². The first-order valence-corrected chi connectivity index (χ1v) is 4.91. The molecule has 0 fully saturated rings. The van der Waals surface area contributed by atoms with E-state index in [1.807, 2.05) is 35.5 Å². The van der Waals surface area contributed by atoms with Crippen LogP contribution in [0.4, 0.5) is 5.82 Å². The second-order valence-corrected chi connectivity index (χ2v) is 3.81. The number of imidazole rings is 1. The molecule has 0 spiro atoms. The van der Waals surface area contributed by atoms with Crippen molar-refractivity contribution in [3.8, 4) is 0 Å². The number of aromatic carboxylic acids is 1. The molecule has 5 nitrogen and oxygen atoms in total. The van der Waals surface area contributed by atoms with Crippen molar-refractivity contribution in [2.24, 2.45) is 0 Å². The van der Waals surface area contributed by atoms with Gasteiger partial charge in [-0.3, -0.25) is 4.40 Å². The summed E-state index contributed by atoms with van der Waals surface area (Å²) in [6.45, 7) is 1.80. The summed E-state index contributed by atoms with van der Waals surface area (Å²) in [5.41, 5.74) is 0.720. The zero-order valence-electron chi connectivity index (χ0n) is 9.43. The van der Waals surface area contributed by atoms with E-state index in [1.165, 1.54) is 0 Å². The molecule has 0 saturated carbocycles. The lowest BCUT2D eigenvalue weighted by molar-refractivity contribution is 0.0693. The number of hydrogen-bond acceptors (Lipinski definition) is 3. The van der Waals surface area contributed by atoms with Gasteiger partial charge in [-0.1, -0.05) is 6.07 Å². The minimum atomic E-state index is -0.999. The van der Waals surface area contributed by atoms with E-state index >= 15 is 0 Å². The molecule has 2 heterocycles. The number of carboxylic acid groups (broad SMARTS) is 1. The summed E-state index contributed by atoms with van der Waals surface area (Å²) in [5, 5.41) is 9.04. The molecule has 1 N–H and O–H groups in total. The molecule has 0 bridgehead atoms. The van der Waals surface area contributed by atoms with Crippen LogP contribution in [0.25, 0.3) is 5.52 Å². The van der Waals surface area contributed by atoms with E-state index in [0.29, 0.717) is 11.3 Å². The third kappa shape index (κ3) is 1.41. The molecule has 0 unspecified atom stereocenters. The molecule has 84 valence electrons. The van der Waals surface area contributed by atoms with Crippen molar-refractivity contribution >= 4 is 17.3 Å². The summed E-state index contributed by atoms with van der Waals surface area (Å²) in [6.07, 6.45) is 0. The second kappa shape index (κ2) is 3.52. The van der Waals surface area contributed by atoms with Crippen LogP contribution in [0, 0.1) is 6.92 Å². The molecular formula is C11H13N3O2. The fraction of sp³-hybridized carbons (Fsp3) is 0.273. The van der Waals surface area contributed by atoms with Crippen LogP contribution >= 0.6 is 0 Å². The first kappa shape index (κ1) is 10.5. The summed E-state index contributed by atoms with van der Waals surface area (Å²) in [4.78, 5) is 17.0. The fourth-order valence-electron chi connectivity index (χ4n) is 1.80. The van der Waals surface area contributed by atoms with Crippen molar-refractivity contribution in [2.75, 3.05) is 19.0 Å². The average Bonchev–Trinajstić information content (AvgIpc) is 2.56. The van der Waals surface area contributed by atoms with Crippen LogP contribution in [-0.2, 0) is 0 Å². The highest BCUT2D eigenvalue weighted by Crippen LogP contribution is 2.20. The Bertz CT molecular complexity index is 558. The van der Waals surface area contributed by atoms with Gasteiger partial charge in [0.15, 0.2) is 5.69 Å². The molecule has 0 aromatic carbocycles. The normalized spacial score (nSPS) is 10.7. The van der Waals surface area contributed by atoms with Gasteiger partial charge < -0.3 is 10.0 Å². The smallest absolute Gasteiger partial charge is 0.356 e. The highest BCUT2D eigenvalue weighted by molar-refractivity contribution is 5.94. The summed E-state index contributed by atoms with van der Waals surface area (Å²) in [6, 6.07) is 5.52. The second-order valence-electron chi connectivity index (χ2n) is 3.81. The van der Waals surface area contributed by atoms with E-state index in [-0.39, 0.29) is 5.69 Å². The van der Waals surface area contributed by atoms with Gasteiger partial charge in [-0.05, 0) is 19.1 Å². The number of carbonyl (C=O) groups is 1. The number of pyridine rings is 1. The lowest BCUT2D eigenvalue weighted by Crippen LogP contribution is -2.13. The molecule has 2 aromatic rings. The summed E-state index contributed by atoms with van der Waals surface area (Å²) in [7, 11) is 3.82. The van der Waals surface area contributed by atoms with Crippen molar-refractivity contribution in [1.82, 2.24) is 9.38 Å². The van der Waals surface area contributed by atoms with Crippen molar-refractivity contribution in [2.45, 2.75) is 6.92 Å². The SMILES string of the molecule is Cc1nc(C(=O)O)c2cccc(N(C)C)n12. The predicted molar refractivity (Wildman–Crippen MR) is 61.2 cm³/mol. The van der Waals surface area contributed by atoms with E-state index in [0.717, 1.165) is 5.82 Å². The third-order valence-electron chi connectivity index (χ3n) is 2.47. The molecule has 0 aliphatic heterocycles. The van der Waals surface area contributed by atoms with Gasteiger partial charge >= 0.3 is 5.97 Å². The molecule has 5 heteroatoms. The summed E-state index contributed by atoms with van der Waals surface area (Å²) < 4.78 is 1.84. The van der Waals surface area contributed by atoms with E-state index < -0.39 is 5.97 Å². The molecule has 2 aromatic heterocycles. The highest BCUT2D eigenvalue weighted by atomic mass is 16.4. The molecule has 0 atom stereocenters. The van der Waals surface area contributed by atoms with E-state index in [4.69, 9.17) is 5.11 Å². The zero-order chi connectivity index (χ0) is 11.9. The lowest BCUT2D eigenvalue weighted by atomic mass is 10.3. The Kier molecular flexibility index (Phi) is 2.30. The number of rotatable bonds is 2. The number of anilines is 1. The number of hydrogen-bond donors (Lipinski definition) is 1. The van der Waals surface area contributed by atoms with Crippen LogP contribution < -0.4 is 4.90 Å². The number of fused-ring (bicyclic) bond motifs is 1. The van der Waals surface area contributed by atoms with Gasteiger partial charge in [0.1, 0.15) is 11.6 Å². The van der Waals surface area contributed by atoms with Crippen molar-refractivity contribution in [3.05, 3.63) is 29.7 Å².